The van der Waals surface area contributed by atoms with Gasteiger partial charge in [-0.25, -0.2) is 0 Å². The van der Waals surface area contributed by atoms with Crippen molar-refractivity contribution < 1.29 is 14.2 Å². The molecule has 1 aliphatic rings. The van der Waals surface area contributed by atoms with E-state index in [1.54, 1.807) is 11.3 Å². The molecule has 0 saturated heterocycles. The number of ether oxygens (including phenoxy) is 3. The van der Waals surface area contributed by atoms with E-state index in [2.05, 4.69) is 17.4 Å². The van der Waals surface area contributed by atoms with E-state index in [4.69, 9.17) is 14.2 Å². The highest BCUT2D eigenvalue weighted by atomic mass is 32.1. The highest BCUT2D eigenvalue weighted by Crippen LogP contribution is 2.35. The fourth-order valence-corrected chi connectivity index (χ4v) is 2.83. The van der Waals surface area contributed by atoms with Crippen LogP contribution in [0.3, 0.4) is 0 Å². The highest BCUT2D eigenvalue weighted by Gasteiger charge is 2.13. The molecule has 0 aliphatic carbocycles. The first-order valence-electron chi connectivity index (χ1n) is 6.10. The first-order valence-corrected chi connectivity index (χ1v) is 6.91. The smallest absolute Gasteiger partial charge is 0.231 e. The summed E-state index contributed by atoms with van der Waals surface area (Å²) in [6, 6.07) is 9.86. The van der Waals surface area contributed by atoms with Crippen molar-refractivity contribution in [3.63, 3.8) is 0 Å². The quantitative estimate of drug-likeness (QED) is 0.912. The molecule has 100 valence electrons. The van der Waals surface area contributed by atoms with Gasteiger partial charge in [0.15, 0.2) is 11.5 Å². The number of fused-ring (bicyclic) bond motifs is 1. The Morgan fingerprint density at radius 1 is 1.16 bits per heavy atom. The van der Waals surface area contributed by atoms with E-state index < -0.39 is 0 Å². The summed E-state index contributed by atoms with van der Waals surface area (Å²) in [4.78, 5) is 2.52. The summed E-state index contributed by atoms with van der Waals surface area (Å²) in [5.41, 5.74) is 0. The standard InChI is InChI=1S/C14H15NO3S/c1-15-7-11-3-4-12(19-11)8-16-10-2-5-13-14(6-10)18-9-17-13/h2-6,15H,7-9H2,1H3. The highest BCUT2D eigenvalue weighted by molar-refractivity contribution is 7.11. The summed E-state index contributed by atoms with van der Waals surface area (Å²) in [6.45, 7) is 1.76. The lowest BCUT2D eigenvalue weighted by molar-refractivity contribution is 0.173. The number of thiophene rings is 1. The SMILES string of the molecule is CNCc1ccc(COc2ccc3c(c2)OCO3)s1. The Balaban J connectivity index is 1.62. The number of hydrogen-bond acceptors (Lipinski definition) is 5. The van der Waals surface area contributed by atoms with Crippen molar-refractivity contribution in [3.05, 3.63) is 40.1 Å². The lowest BCUT2D eigenvalue weighted by atomic mass is 10.3. The van der Waals surface area contributed by atoms with Crippen molar-refractivity contribution in [3.8, 4) is 17.2 Å². The Labute approximate surface area is 115 Å². The van der Waals surface area contributed by atoms with E-state index in [-0.39, 0.29) is 6.79 Å². The maximum atomic E-state index is 5.76. The molecule has 3 rings (SSSR count). The van der Waals surface area contributed by atoms with Crippen molar-refractivity contribution in [2.75, 3.05) is 13.8 Å². The number of benzene rings is 1. The molecule has 1 aromatic carbocycles. The van der Waals surface area contributed by atoms with Crippen LogP contribution < -0.4 is 19.5 Å². The lowest BCUT2D eigenvalue weighted by Crippen LogP contribution is -2.02. The van der Waals surface area contributed by atoms with E-state index in [0.29, 0.717) is 6.61 Å². The van der Waals surface area contributed by atoms with Crippen LogP contribution in [-0.4, -0.2) is 13.8 Å². The zero-order valence-electron chi connectivity index (χ0n) is 10.6. The molecule has 2 aromatic rings. The van der Waals surface area contributed by atoms with Gasteiger partial charge in [-0.2, -0.15) is 0 Å². The molecule has 4 nitrogen and oxygen atoms in total. The summed E-state index contributed by atoms with van der Waals surface area (Å²) in [6.07, 6.45) is 0. The number of hydrogen-bond donors (Lipinski definition) is 1. The normalized spacial score (nSPS) is 12.7. The van der Waals surface area contributed by atoms with E-state index in [0.717, 1.165) is 23.8 Å². The average Bonchev–Trinajstić information content (AvgIpc) is 3.04. The van der Waals surface area contributed by atoms with Crippen LogP contribution in [0.25, 0.3) is 0 Å². The van der Waals surface area contributed by atoms with Crippen molar-refractivity contribution in [2.24, 2.45) is 0 Å². The lowest BCUT2D eigenvalue weighted by Gasteiger charge is -2.05. The van der Waals surface area contributed by atoms with Gasteiger partial charge in [-0.1, -0.05) is 0 Å². The van der Waals surface area contributed by atoms with Crippen LogP contribution in [0, 0.1) is 0 Å². The molecule has 0 spiro atoms. The van der Waals surface area contributed by atoms with Crippen LogP contribution in [0.2, 0.25) is 0 Å². The summed E-state index contributed by atoms with van der Waals surface area (Å²) < 4.78 is 16.3. The molecule has 0 amide bonds. The van der Waals surface area contributed by atoms with Gasteiger partial charge < -0.3 is 19.5 Å². The van der Waals surface area contributed by atoms with E-state index in [1.807, 2.05) is 25.2 Å². The van der Waals surface area contributed by atoms with Crippen LogP contribution in [0.4, 0.5) is 0 Å². The predicted molar refractivity (Wildman–Crippen MR) is 74.0 cm³/mol. The number of nitrogens with one attached hydrogen (secondary N) is 1. The van der Waals surface area contributed by atoms with Crippen molar-refractivity contribution in [1.82, 2.24) is 5.32 Å². The third-order valence-electron chi connectivity index (χ3n) is 2.79. The molecule has 0 bridgehead atoms. The van der Waals surface area contributed by atoms with Gasteiger partial charge in [-0.15, -0.1) is 11.3 Å². The molecule has 0 radical (unpaired) electrons. The van der Waals surface area contributed by atoms with Gasteiger partial charge in [0.05, 0.1) is 0 Å². The van der Waals surface area contributed by atoms with Gasteiger partial charge in [0.2, 0.25) is 6.79 Å². The van der Waals surface area contributed by atoms with Gasteiger partial charge >= 0.3 is 0 Å². The largest absolute Gasteiger partial charge is 0.488 e. The van der Waals surface area contributed by atoms with Crippen molar-refractivity contribution in [2.45, 2.75) is 13.2 Å². The third kappa shape index (κ3) is 2.83. The van der Waals surface area contributed by atoms with Crippen LogP contribution in [0.15, 0.2) is 30.3 Å². The Morgan fingerprint density at radius 2 is 2.00 bits per heavy atom. The molecule has 19 heavy (non-hydrogen) atoms. The van der Waals surface area contributed by atoms with Gasteiger partial charge in [-0.3, -0.25) is 0 Å². The van der Waals surface area contributed by atoms with E-state index in [9.17, 15) is 0 Å². The third-order valence-corrected chi connectivity index (χ3v) is 3.85. The summed E-state index contributed by atoms with van der Waals surface area (Å²) in [5.74, 6) is 2.33. The minimum Gasteiger partial charge on any atom is -0.488 e. The van der Waals surface area contributed by atoms with Crippen LogP contribution >= 0.6 is 11.3 Å². The average molecular weight is 277 g/mol. The Kier molecular flexibility index (Phi) is 3.57. The molecule has 1 aliphatic heterocycles. The minimum absolute atomic E-state index is 0.289. The molecule has 1 aromatic heterocycles. The maximum absolute atomic E-state index is 5.76. The van der Waals surface area contributed by atoms with Gasteiger partial charge in [0.1, 0.15) is 12.4 Å². The molecule has 5 heteroatoms. The molecule has 0 unspecified atom stereocenters. The van der Waals surface area contributed by atoms with Crippen LogP contribution in [0.5, 0.6) is 17.2 Å². The van der Waals surface area contributed by atoms with E-state index in [1.165, 1.54) is 9.75 Å². The van der Waals surface area contributed by atoms with E-state index >= 15 is 0 Å². The Bertz CT molecular complexity index is 568. The summed E-state index contributed by atoms with van der Waals surface area (Å²) in [7, 11) is 1.95. The Morgan fingerprint density at radius 3 is 2.89 bits per heavy atom. The summed E-state index contributed by atoms with van der Waals surface area (Å²) >= 11 is 1.76. The second kappa shape index (κ2) is 5.50. The zero-order valence-corrected chi connectivity index (χ0v) is 11.5. The minimum atomic E-state index is 0.289. The zero-order chi connectivity index (χ0) is 13.1. The summed E-state index contributed by atoms with van der Waals surface area (Å²) in [5, 5.41) is 3.14. The fraction of sp³-hybridized carbons (Fsp3) is 0.286. The monoisotopic (exact) mass is 277 g/mol. The van der Waals surface area contributed by atoms with Crippen molar-refractivity contribution in [1.29, 1.82) is 0 Å². The molecule has 0 atom stereocenters. The first kappa shape index (κ1) is 12.3. The molecular formula is C14H15NO3S. The topological polar surface area (TPSA) is 39.7 Å². The van der Waals surface area contributed by atoms with Crippen LogP contribution in [-0.2, 0) is 13.2 Å². The molecular weight excluding hydrogens is 262 g/mol. The van der Waals surface area contributed by atoms with Crippen LogP contribution in [0.1, 0.15) is 9.75 Å². The second-order valence-corrected chi connectivity index (χ2v) is 5.45. The fourth-order valence-electron chi connectivity index (χ4n) is 1.89. The molecule has 2 heterocycles. The molecule has 0 fully saturated rings. The second-order valence-electron chi connectivity index (χ2n) is 4.20. The van der Waals surface area contributed by atoms with Gasteiger partial charge in [0.25, 0.3) is 0 Å². The van der Waals surface area contributed by atoms with Crippen molar-refractivity contribution >= 4 is 11.3 Å². The first-order chi connectivity index (χ1) is 9.35. The Hall–Kier alpha value is -1.72. The maximum Gasteiger partial charge on any atom is 0.231 e. The predicted octanol–water partition coefficient (Wildman–Crippen LogP) is 2.78. The van der Waals surface area contributed by atoms with Gasteiger partial charge in [-0.05, 0) is 31.3 Å². The molecule has 0 saturated carbocycles. The van der Waals surface area contributed by atoms with Gasteiger partial charge in [0, 0.05) is 22.4 Å². The number of rotatable bonds is 5. The molecule has 1 N–H and O–H groups in total.